The number of unbranched alkanes of at least 4 members (excludes halogenated alkanes) is 1. The molecule has 4 aromatic rings. The summed E-state index contributed by atoms with van der Waals surface area (Å²) in [5.74, 6) is 1.91. The summed E-state index contributed by atoms with van der Waals surface area (Å²) in [6.07, 6.45) is 7.25. The topological polar surface area (TPSA) is 31.7 Å². The van der Waals surface area contributed by atoms with Crippen LogP contribution in [0.25, 0.3) is 27.8 Å². The van der Waals surface area contributed by atoms with Crippen LogP contribution in [0.4, 0.5) is 11.5 Å². The first-order chi connectivity index (χ1) is 19.6. The molecule has 0 spiro atoms. The fourth-order valence-corrected chi connectivity index (χ4v) is 7.21. The maximum atomic E-state index is 5.46. The van der Waals surface area contributed by atoms with Crippen molar-refractivity contribution in [1.29, 1.82) is 0 Å². The average Bonchev–Trinajstić information content (AvgIpc) is 3.42. The smallest absolute Gasteiger partial charge is 0.163 e. The Hall–Kier alpha value is -4.18. The number of aromatic nitrogens is 1. The molecule has 0 fully saturated rings. The van der Waals surface area contributed by atoms with Crippen LogP contribution in [0.15, 0.2) is 96.7 Å². The summed E-state index contributed by atoms with van der Waals surface area (Å²) in [4.78, 5) is 7.54. The minimum absolute atomic E-state index is 0.0519. The largest absolute Gasteiger partial charge is 0.299 e. The number of rotatable bonds is 7. The molecule has 3 aliphatic rings. The highest BCUT2D eigenvalue weighted by atomic mass is 15.6. The minimum atomic E-state index is -0.194. The van der Waals surface area contributed by atoms with E-state index in [1.165, 1.54) is 57.5 Å². The Kier molecular flexibility index (Phi) is 5.88. The molecule has 0 aliphatic carbocycles. The molecular weight excluding hydrogens is 488 g/mol. The second kappa shape index (κ2) is 9.48. The first-order valence-corrected chi connectivity index (χ1v) is 14.8. The van der Waals surface area contributed by atoms with Crippen LogP contribution in [0.5, 0.6) is 0 Å². The van der Waals surface area contributed by atoms with Crippen LogP contribution in [0, 0.1) is 5.41 Å². The van der Waals surface area contributed by atoms with Crippen molar-refractivity contribution in [2.75, 3.05) is 9.91 Å². The fourth-order valence-electron chi connectivity index (χ4n) is 7.21. The first kappa shape index (κ1) is 24.8. The van der Waals surface area contributed by atoms with E-state index in [1.54, 1.807) is 0 Å². The zero-order chi connectivity index (χ0) is 27.4. The van der Waals surface area contributed by atoms with Gasteiger partial charge in [-0.2, -0.15) is 5.10 Å². The van der Waals surface area contributed by atoms with Crippen LogP contribution in [-0.4, -0.2) is 17.0 Å². The number of amidine groups is 1. The Labute approximate surface area is 237 Å². The van der Waals surface area contributed by atoms with E-state index in [1.807, 2.05) is 12.3 Å². The van der Waals surface area contributed by atoms with Gasteiger partial charge in [0.25, 0.3) is 0 Å². The zero-order valence-corrected chi connectivity index (χ0v) is 23.7. The van der Waals surface area contributed by atoms with Gasteiger partial charge >= 0.3 is 0 Å². The number of hydrogen-bond acceptors (Lipinski definition) is 4. The minimum Gasteiger partial charge on any atom is -0.299 e. The molecule has 1 aromatic heterocycles. The van der Waals surface area contributed by atoms with E-state index in [-0.39, 0.29) is 11.6 Å². The van der Waals surface area contributed by atoms with Gasteiger partial charge in [0.15, 0.2) is 11.7 Å². The van der Waals surface area contributed by atoms with Crippen molar-refractivity contribution in [2.24, 2.45) is 10.5 Å². The summed E-state index contributed by atoms with van der Waals surface area (Å²) >= 11 is 0. The lowest BCUT2D eigenvalue weighted by Gasteiger charge is -2.52. The van der Waals surface area contributed by atoms with E-state index in [4.69, 9.17) is 16.7 Å². The Balaban J connectivity index is 1.47. The number of nitrogens with zero attached hydrogens (tertiary/aromatic N) is 4. The second-order valence-electron chi connectivity index (χ2n) is 11.3. The summed E-state index contributed by atoms with van der Waals surface area (Å²) in [5, 5.41) is 7.69. The molecule has 4 heterocycles. The molecule has 4 nitrogen and oxygen atoms in total. The highest BCUT2D eigenvalue weighted by molar-refractivity contribution is 6.23. The predicted molar refractivity (Wildman–Crippen MR) is 167 cm³/mol. The summed E-state index contributed by atoms with van der Waals surface area (Å²) in [6.45, 7) is 11.6. The third-order valence-electron chi connectivity index (χ3n) is 9.38. The third kappa shape index (κ3) is 3.38. The Morgan fingerprint density at radius 1 is 0.800 bits per heavy atom. The Bertz CT molecular complexity index is 1660. The molecule has 0 amide bonds. The number of fused-ring (bicyclic) bond motifs is 3. The molecule has 40 heavy (non-hydrogen) atoms. The van der Waals surface area contributed by atoms with Crippen molar-refractivity contribution in [3.05, 3.63) is 108 Å². The van der Waals surface area contributed by atoms with Gasteiger partial charge in [-0.1, -0.05) is 101 Å². The lowest BCUT2D eigenvalue weighted by Crippen LogP contribution is -2.57. The average molecular weight is 525 g/mol. The molecule has 0 saturated heterocycles. The third-order valence-corrected chi connectivity index (χ3v) is 9.38. The highest BCUT2D eigenvalue weighted by Crippen LogP contribution is 2.60. The molecule has 0 bridgehead atoms. The predicted octanol–water partition coefficient (Wildman–Crippen LogP) is 8.92. The summed E-state index contributed by atoms with van der Waals surface area (Å²) < 4.78 is 0. The molecule has 1 atom stereocenters. The van der Waals surface area contributed by atoms with Gasteiger partial charge in [0.1, 0.15) is 6.17 Å². The van der Waals surface area contributed by atoms with Crippen molar-refractivity contribution in [2.45, 2.75) is 59.0 Å². The Morgan fingerprint density at radius 2 is 1.52 bits per heavy atom. The summed E-state index contributed by atoms with van der Waals surface area (Å²) in [5.41, 5.74) is 10.8. The van der Waals surface area contributed by atoms with Crippen molar-refractivity contribution in [3.63, 3.8) is 0 Å². The van der Waals surface area contributed by atoms with Gasteiger partial charge in [-0.05, 0) is 60.1 Å². The fraction of sp³-hybridized carbons (Fsp3) is 0.278. The summed E-state index contributed by atoms with van der Waals surface area (Å²) in [7, 11) is 0. The number of anilines is 2. The van der Waals surface area contributed by atoms with Crippen molar-refractivity contribution in [3.8, 4) is 22.3 Å². The van der Waals surface area contributed by atoms with Gasteiger partial charge in [0.05, 0.1) is 5.69 Å². The van der Waals surface area contributed by atoms with Gasteiger partial charge in [0.2, 0.25) is 0 Å². The normalized spacial score (nSPS) is 17.9. The zero-order valence-electron chi connectivity index (χ0n) is 23.7. The van der Waals surface area contributed by atoms with E-state index in [0.717, 1.165) is 36.5 Å². The van der Waals surface area contributed by atoms with Crippen LogP contribution in [0.2, 0.25) is 0 Å². The number of pyridine rings is 1. The maximum absolute atomic E-state index is 5.46. The molecule has 3 aromatic carbocycles. The molecule has 4 heteroatoms. The maximum Gasteiger partial charge on any atom is 0.163 e. The summed E-state index contributed by atoms with van der Waals surface area (Å²) in [6, 6.07) is 28.6. The number of hydrazone groups is 1. The Morgan fingerprint density at radius 3 is 2.33 bits per heavy atom. The van der Waals surface area contributed by atoms with Crippen molar-refractivity contribution in [1.82, 2.24) is 4.98 Å². The van der Waals surface area contributed by atoms with Gasteiger partial charge in [0, 0.05) is 33.9 Å². The molecule has 3 aliphatic heterocycles. The van der Waals surface area contributed by atoms with Crippen molar-refractivity contribution >= 4 is 22.9 Å². The van der Waals surface area contributed by atoms with E-state index in [2.05, 4.69) is 103 Å². The van der Waals surface area contributed by atoms with E-state index >= 15 is 0 Å². The molecule has 200 valence electrons. The molecular formula is C36H36N4. The van der Waals surface area contributed by atoms with E-state index in [0.29, 0.717) is 0 Å². The van der Waals surface area contributed by atoms with Gasteiger partial charge < -0.3 is 0 Å². The molecule has 0 saturated carbocycles. The number of benzene rings is 3. The second-order valence-corrected chi connectivity index (χ2v) is 11.3. The SMILES string of the molecule is C=C1c2cccc3c2N2C(=NN(c4ncccc4-c4cccc(CCCC)c4)C2C1(CC)CC)c1ccccc1-3. The van der Waals surface area contributed by atoms with Gasteiger partial charge in [-0.3, -0.25) is 4.90 Å². The van der Waals surface area contributed by atoms with Crippen LogP contribution in [0.1, 0.15) is 63.1 Å². The lowest BCUT2D eigenvalue weighted by atomic mass is 9.66. The van der Waals surface area contributed by atoms with Crippen LogP contribution in [0.3, 0.4) is 0 Å². The number of aryl methyl sites for hydroxylation is 1. The molecule has 7 rings (SSSR count). The highest BCUT2D eigenvalue weighted by Gasteiger charge is 2.57. The van der Waals surface area contributed by atoms with E-state index < -0.39 is 0 Å². The van der Waals surface area contributed by atoms with Crippen molar-refractivity contribution < 1.29 is 0 Å². The standard InChI is InChI=1S/C36H36N4/c1-5-8-14-25-15-11-16-26(23-25)28-21-13-22-37-33(28)40-35-36(6-2,7-3)24(4)27-19-12-20-30-29-17-9-10-18-31(29)34(38-40)39(35)32(27)30/h9-13,15-23,35H,4-8,14H2,1-3H3. The quantitative estimate of drug-likeness (QED) is 0.242. The molecule has 0 N–H and O–H groups in total. The first-order valence-electron chi connectivity index (χ1n) is 14.8. The van der Waals surface area contributed by atoms with Gasteiger partial charge in [-0.15, -0.1) is 0 Å². The van der Waals surface area contributed by atoms with Crippen LogP contribution < -0.4 is 9.91 Å². The number of para-hydroxylation sites is 1. The molecule has 1 unspecified atom stereocenters. The number of hydrogen-bond donors (Lipinski definition) is 0. The monoisotopic (exact) mass is 524 g/mol. The molecule has 0 radical (unpaired) electrons. The van der Waals surface area contributed by atoms with Gasteiger partial charge in [-0.25, -0.2) is 9.99 Å². The van der Waals surface area contributed by atoms with Crippen LogP contribution >= 0.6 is 0 Å². The van der Waals surface area contributed by atoms with E-state index in [9.17, 15) is 0 Å². The lowest BCUT2D eigenvalue weighted by molar-refractivity contribution is 0.288. The van der Waals surface area contributed by atoms with Crippen LogP contribution in [-0.2, 0) is 6.42 Å².